The van der Waals surface area contributed by atoms with E-state index in [4.69, 9.17) is 0 Å². The first-order valence-corrected chi connectivity index (χ1v) is 10.4. The van der Waals surface area contributed by atoms with Gasteiger partial charge in [-0.3, -0.25) is 14.5 Å². The standard InChI is InChI=1S/C18H25F2N3O4S/c1-13(24)14-3-5-16(6-4-14)28(26,27)22(2)12-18(25)21-15-7-9-23(10-8-15)11-17(19)20/h3-6,15,17H,7-12H2,1-2H3,(H,21,25). The zero-order valence-electron chi connectivity index (χ0n) is 15.9. The minimum absolute atomic E-state index is 0.00638. The number of Topliss-reactive ketones (excluding diaryl/α,β-unsaturated/α-hetero) is 1. The van der Waals surface area contributed by atoms with Gasteiger partial charge in [0.1, 0.15) is 0 Å². The number of piperidine rings is 1. The van der Waals surface area contributed by atoms with Crippen molar-refractivity contribution in [3.63, 3.8) is 0 Å². The summed E-state index contributed by atoms with van der Waals surface area (Å²) in [7, 11) is -2.57. The van der Waals surface area contributed by atoms with Crippen LogP contribution in [0.15, 0.2) is 29.2 Å². The second kappa shape index (κ2) is 9.53. The van der Waals surface area contributed by atoms with E-state index >= 15 is 0 Å². The molecule has 0 atom stereocenters. The number of likely N-dealkylation sites (tertiary alicyclic amines) is 1. The van der Waals surface area contributed by atoms with Gasteiger partial charge in [0.15, 0.2) is 5.78 Å². The molecular formula is C18H25F2N3O4S. The molecule has 1 aromatic carbocycles. The second-order valence-corrected chi connectivity index (χ2v) is 8.92. The number of nitrogens with one attached hydrogen (secondary N) is 1. The van der Waals surface area contributed by atoms with Gasteiger partial charge in [-0.05, 0) is 31.9 Å². The van der Waals surface area contributed by atoms with Crippen molar-refractivity contribution >= 4 is 21.7 Å². The number of alkyl halides is 2. The first-order valence-electron chi connectivity index (χ1n) is 8.97. The number of halogens is 2. The molecule has 0 unspecified atom stereocenters. The monoisotopic (exact) mass is 417 g/mol. The highest BCUT2D eigenvalue weighted by atomic mass is 32.2. The summed E-state index contributed by atoms with van der Waals surface area (Å²) in [5.74, 6) is -0.616. The third kappa shape index (κ3) is 6.05. The van der Waals surface area contributed by atoms with Crippen molar-refractivity contribution in [3.8, 4) is 0 Å². The van der Waals surface area contributed by atoms with E-state index in [1.54, 1.807) is 4.90 Å². The van der Waals surface area contributed by atoms with Gasteiger partial charge < -0.3 is 5.32 Å². The number of rotatable bonds is 8. The Hall–Kier alpha value is -1.91. The fourth-order valence-corrected chi connectivity index (χ4v) is 4.18. The van der Waals surface area contributed by atoms with E-state index in [0.717, 1.165) is 4.31 Å². The summed E-state index contributed by atoms with van der Waals surface area (Å²) in [4.78, 5) is 25.1. The van der Waals surface area contributed by atoms with Gasteiger partial charge >= 0.3 is 0 Å². The van der Waals surface area contributed by atoms with Gasteiger partial charge in [0, 0.05) is 31.7 Å². The first-order chi connectivity index (χ1) is 13.1. The molecule has 0 radical (unpaired) electrons. The summed E-state index contributed by atoms with van der Waals surface area (Å²) in [6, 6.07) is 5.36. The van der Waals surface area contributed by atoms with Crippen LogP contribution in [0.4, 0.5) is 8.78 Å². The van der Waals surface area contributed by atoms with E-state index in [1.165, 1.54) is 38.2 Å². The molecule has 2 rings (SSSR count). The Labute approximate surface area is 163 Å². The van der Waals surface area contributed by atoms with Gasteiger partial charge in [0.05, 0.1) is 18.0 Å². The van der Waals surface area contributed by atoms with Gasteiger partial charge in [0.25, 0.3) is 6.43 Å². The van der Waals surface area contributed by atoms with Crippen LogP contribution in [0.5, 0.6) is 0 Å². The van der Waals surface area contributed by atoms with Crippen LogP contribution in [0.2, 0.25) is 0 Å². The molecule has 1 amide bonds. The van der Waals surface area contributed by atoms with Gasteiger partial charge in [-0.15, -0.1) is 0 Å². The van der Waals surface area contributed by atoms with Crippen LogP contribution in [0.1, 0.15) is 30.1 Å². The highest BCUT2D eigenvalue weighted by Gasteiger charge is 2.26. The van der Waals surface area contributed by atoms with Crippen molar-refractivity contribution in [3.05, 3.63) is 29.8 Å². The zero-order chi connectivity index (χ0) is 20.9. The number of sulfonamides is 1. The Morgan fingerprint density at radius 1 is 1.21 bits per heavy atom. The van der Waals surface area contributed by atoms with Crippen LogP contribution in [0.25, 0.3) is 0 Å². The molecule has 1 N–H and O–H groups in total. The minimum atomic E-state index is -3.87. The fourth-order valence-electron chi connectivity index (χ4n) is 3.06. The molecule has 1 heterocycles. The van der Waals surface area contributed by atoms with Crippen molar-refractivity contribution in [2.24, 2.45) is 0 Å². The zero-order valence-corrected chi connectivity index (χ0v) is 16.7. The molecule has 1 fully saturated rings. The summed E-state index contributed by atoms with van der Waals surface area (Å²) < 4.78 is 50.9. The maximum absolute atomic E-state index is 12.6. The van der Waals surface area contributed by atoms with E-state index in [-0.39, 0.29) is 29.8 Å². The maximum Gasteiger partial charge on any atom is 0.251 e. The van der Waals surface area contributed by atoms with Crippen molar-refractivity contribution in [2.45, 2.75) is 37.1 Å². The van der Waals surface area contributed by atoms with Gasteiger partial charge in [-0.25, -0.2) is 17.2 Å². The predicted octanol–water partition coefficient (Wildman–Crippen LogP) is 1.36. The van der Waals surface area contributed by atoms with Gasteiger partial charge in [-0.2, -0.15) is 4.31 Å². The molecule has 0 saturated carbocycles. The number of likely N-dealkylation sites (N-methyl/N-ethyl adjacent to an activating group) is 1. The number of hydrogen-bond donors (Lipinski definition) is 1. The van der Waals surface area contributed by atoms with Crippen LogP contribution >= 0.6 is 0 Å². The van der Waals surface area contributed by atoms with Crippen LogP contribution < -0.4 is 5.32 Å². The summed E-state index contributed by atoms with van der Waals surface area (Å²) in [6.07, 6.45) is -1.29. The topological polar surface area (TPSA) is 86.8 Å². The number of carbonyl (C=O) groups is 2. The molecule has 1 saturated heterocycles. The molecule has 1 aromatic rings. The Kier molecular flexibility index (Phi) is 7.62. The highest BCUT2D eigenvalue weighted by molar-refractivity contribution is 7.89. The lowest BCUT2D eigenvalue weighted by atomic mass is 10.1. The lowest BCUT2D eigenvalue weighted by molar-refractivity contribution is -0.122. The number of amides is 1. The van der Waals surface area contributed by atoms with Crippen molar-refractivity contribution in [1.82, 2.24) is 14.5 Å². The van der Waals surface area contributed by atoms with Crippen molar-refractivity contribution < 1.29 is 26.8 Å². The van der Waals surface area contributed by atoms with E-state index < -0.39 is 22.4 Å². The molecule has 28 heavy (non-hydrogen) atoms. The minimum Gasteiger partial charge on any atom is -0.352 e. The van der Waals surface area contributed by atoms with Crippen molar-refractivity contribution in [1.29, 1.82) is 0 Å². The van der Waals surface area contributed by atoms with Crippen LogP contribution in [0.3, 0.4) is 0 Å². The number of nitrogens with zero attached hydrogens (tertiary/aromatic N) is 2. The lowest BCUT2D eigenvalue weighted by Crippen LogP contribution is -2.48. The average molecular weight is 417 g/mol. The number of carbonyl (C=O) groups excluding carboxylic acids is 2. The van der Waals surface area contributed by atoms with Crippen molar-refractivity contribution in [2.75, 3.05) is 33.2 Å². The Balaban J connectivity index is 1.88. The summed E-state index contributed by atoms with van der Waals surface area (Å²) in [5.41, 5.74) is 0.400. The molecule has 10 heteroatoms. The number of benzene rings is 1. The second-order valence-electron chi connectivity index (χ2n) is 6.88. The fraction of sp³-hybridized carbons (Fsp3) is 0.556. The molecule has 1 aliphatic rings. The van der Waals surface area contributed by atoms with E-state index in [2.05, 4.69) is 5.32 Å². The molecule has 0 spiro atoms. The Morgan fingerprint density at radius 3 is 2.29 bits per heavy atom. The summed E-state index contributed by atoms with van der Waals surface area (Å²) in [5, 5.41) is 2.77. The van der Waals surface area contributed by atoms with Crippen LogP contribution in [-0.2, 0) is 14.8 Å². The number of ketones is 1. The molecule has 0 aromatic heterocycles. The van der Waals surface area contributed by atoms with Crippen LogP contribution in [0, 0.1) is 0 Å². The molecular weight excluding hydrogens is 392 g/mol. The quantitative estimate of drug-likeness (QED) is 0.646. The maximum atomic E-state index is 12.6. The molecule has 7 nitrogen and oxygen atoms in total. The lowest BCUT2D eigenvalue weighted by Gasteiger charge is -2.32. The summed E-state index contributed by atoms with van der Waals surface area (Å²) >= 11 is 0. The van der Waals surface area contributed by atoms with Gasteiger partial charge in [0.2, 0.25) is 15.9 Å². The predicted molar refractivity (Wildman–Crippen MR) is 99.9 cm³/mol. The Bertz CT molecular complexity index is 792. The molecule has 0 aliphatic carbocycles. The normalized spacial score (nSPS) is 16.5. The molecule has 0 bridgehead atoms. The van der Waals surface area contributed by atoms with E-state index in [0.29, 0.717) is 31.5 Å². The summed E-state index contributed by atoms with van der Waals surface area (Å²) in [6.45, 7) is 1.69. The Morgan fingerprint density at radius 2 is 1.79 bits per heavy atom. The van der Waals surface area contributed by atoms with E-state index in [1.807, 2.05) is 0 Å². The number of hydrogen-bond acceptors (Lipinski definition) is 5. The van der Waals surface area contributed by atoms with Gasteiger partial charge in [-0.1, -0.05) is 12.1 Å². The molecule has 156 valence electrons. The van der Waals surface area contributed by atoms with Crippen LogP contribution in [-0.4, -0.2) is 75.0 Å². The first kappa shape index (κ1) is 22.4. The largest absolute Gasteiger partial charge is 0.352 e. The smallest absolute Gasteiger partial charge is 0.251 e. The van der Waals surface area contributed by atoms with E-state index in [9.17, 15) is 26.8 Å². The average Bonchev–Trinajstić information content (AvgIpc) is 2.62. The highest BCUT2D eigenvalue weighted by Crippen LogP contribution is 2.16. The third-order valence-electron chi connectivity index (χ3n) is 4.68. The molecule has 1 aliphatic heterocycles. The SMILES string of the molecule is CC(=O)c1ccc(S(=O)(=O)N(C)CC(=O)NC2CCN(CC(F)F)CC2)cc1. The third-order valence-corrected chi connectivity index (χ3v) is 6.50.